The first-order valence-electron chi connectivity index (χ1n) is 7.17. The Labute approximate surface area is 131 Å². The molecule has 0 aromatic rings. The summed E-state index contributed by atoms with van der Waals surface area (Å²) >= 11 is 0. The molecule has 10 nitrogen and oxygen atoms in total. The zero-order valence-corrected chi connectivity index (χ0v) is 12.6. The van der Waals surface area contributed by atoms with Crippen LogP contribution in [0, 0.1) is 0 Å². The normalized spacial score (nSPS) is 42.5. The van der Waals surface area contributed by atoms with Crippen LogP contribution in [0.15, 0.2) is 0 Å². The highest BCUT2D eigenvalue weighted by atomic mass is 16.8. The van der Waals surface area contributed by atoms with E-state index in [2.05, 4.69) is 9.47 Å². The number of hydrogen-bond acceptors (Lipinski definition) is 10. The van der Waals surface area contributed by atoms with Gasteiger partial charge in [-0.3, -0.25) is 4.79 Å². The van der Waals surface area contributed by atoms with Crippen LogP contribution in [0.4, 0.5) is 0 Å². The molecule has 3 heterocycles. The van der Waals surface area contributed by atoms with E-state index < -0.39 is 55.7 Å². The molecule has 7 unspecified atom stereocenters. The summed E-state index contributed by atoms with van der Waals surface area (Å²) in [6.45, 7) is 2.67. The zero-order valence-electron chi connectivity index (χ0n) is 12.6. The molecule has 0 aromatic carbocycles. The molecule has 7 atom stereocenters. The molecule has 0 aliphatic carbocycles. The zero-order chi connectivity index (χ0) is 16.6. The number of ether oxygens (including phenoxy) is 7. The molecule has 0 spiro atoms. The minimum atomic E-state index is -1.35. The molecule has 10 heteroatoms. The van der Waals surface area contributed by atoms with Crippen molar-refractivity contribution in [3.8, 4) is 0 Å². The molecule has 3 aliphatic rings. The van der Waals surface area contributed by atoms with Crippen molar-refractivity contribution in [2.75, 3.05) is 13.4 Å². The van der Waals surface area contributed by atoms with Gasteiger partial charge in [0.15, 0.2) is 12.6 Å². The summed E-state index contributed by atoms with van der Waals surface area (Å²) in [5.74, 6) is -1.46. The Morgan fingerprint density at radius 3 is 2.52 bits per heavy atom. The molecule has 3 fully saturated rings. The van der Waals surface area contributed by atoms with Gasteiger partial charge in [-0.05, 0) is 6.92 Å². The Hall–Kier alpha value is -1.30. The highest BCUT2D eigenvalue weighted by Crippen LogP contribution is 2.36. The lowest BCUT2D eigenvalue weighted by Gasteiger charge is -2.22. The summed E-state index contributed by atoms with van der Waals surface area (Å²) in [7, 11) is 0. The number of aliphatic hydroxyl groups excluding tert-OH is 1. The van der Waals surface area contributed by atoms with Crippen LogP contribution in [0.2, 0.25) is 0 Å². The quantitative estimate of drug-likeness (QED) is 0.487. The first-order valence-corrected chi connectivity index (χ1v) is 7.17. The summed E-state index contributed by atoms with van der Waals surface area (Å²) < 4.78 is 36.0. The summed E-state index contributed by atoms with van der Waals surface area (Å²) in [5.41, 5.74) is 0. The number of carbonyl (C=O) groups excluding carboxylic acids is 2. The molecule has 0 bridgehead atoms. The van der Waals surface area contributed by atoms with E-state index >= 15 is 0 Å². The maximum absolute atomic E-state index is 11.7. The van der Waals surface area contributed by atoms with E-state index in [9.17, 15) is 14.7 Å². The van der Waals surface area contributed by atoms with Gasteiger partial charge in [-0.1, -0.05) is 0 Å². The van der Waals surface area contributed by atoms with Gasteiger partial charge in [0.1, 0.15) is 24.4 Å². The van der Waals surface area contributed by atoms with Crippen molar-refractivity contribution >= 4 is 11.9 Å². The summed E-state index contributed by atoms with van der Waals surface area (Å²) in [6.07, 6.45) is -5.63. The van der Waals surface area contributed by atoms with Crippen LogP contribution in [0.5, 0.6) is 0 Å². The molecular formula is C13H18O10. The molecule has 130 valence electrons. The van der Waals surface area contributed by atoms with E-state index in [0.29, 0.717) is 0 Å². The molecule has 0 aromatic heterocycles. The van der Waals surface area contributed by atoms with Crippen molar-refractivity contribution in [3.63, 3.8) is 0 Å². The highest BCUT2D eigenvalue weighted by Gasteiger charge is 2.56. The summed E-state index contributed by atoms with van der Waals surface area (Å²) in [6, 6.07) is 0. The SMILES string of the molecule is CC(=O)OCOC(=O)C1OC2OC(C3COC(C)O3)C(O)C2O1. The Bertz CT molecular complexity index is 468. The minimum absolute atomic E-state index is 0.288. The van der Waals surface area contributed by atoms with Crippen molar-refractivity contribution in [2.45, 2.75) is 57.1 Å². The number of hydrogen-bond donors (Lipinski definition) is 1. The summed E-state index contributed by atoms with van der Waals surface area (Å²) in [5, 5.41) is 10.3. The molecule has 0 amide bonds. The lowest BCUT2D eigenvalue weighted by atomic mass is 10.1. The predicted octanol–water partition coefficient (Wildman–Crippen LogP) is -1.36. The monoisotopic (exact) mass is 334 g/mol. The molecule has 3 rings (SSSR count). The fourth-order valence-corrected chi connectivity index (χ4v) is 2.60. The second-order valence-electron chi connectivity index (χ2n) is 5.32. The fourth-order valence-electron chi connectivity index (χ4n) is 2.60. The molecule has 1 N–H and O–H groups in total. The third-order valence-corrected chi connectivity index (χ3v) is 3.66. The Morgan fingerprint density at radius 2 is 1.91 bits per heavy atom. The Morgan fingerprint density at radius 1 is 1.13 bits per heavy atom. The van der Waals surface area contributed by atoms with Crippen molar-refractivity contribution in [1.82, 2.24) is 0 Å². The maximum atomic E-state index is 11.7. The maximum Gasteiger partial charge on any atom is 0.366 e. The van der Waals surface area contributed by atoms with Gasteiger partial charge >= 0.3 is 11.9 Å². The van der Waals surface area contributed by atoms with Gasteiger partial charge in [0.2, 0.25) is 6.79 Å². The topological polar surface area (TPSA) is 119 Å². The van der Waals surface area contributed by atoms with Crippen LogP contribution in [0.3, 0.4) is 0 Å². The second-order valence-corrected chi connectivity index (χ2v) is 5.32. The van der Waals surface area contributed by atoms with Gasteiger partial charge < -0.3 is 38.3 Å². The van der Waals surface area contributed by atoms with Gasteiger partial charge in [0, 0.05) is 6.92 Å². The van der Waals surface area contributed by atoms with Crippen molar-refractivity contribution in [3.05, 3.63) is 0 Å². The molecule has 0 saturated carbocycles. The van der Waals surface area contributed by atoms with Gasteiger partial charge in [-0.15, -0.1) is 0 Å². The second kappa shape index (κ2) is 6.67. The number of carbonyl (C=O) groups is 2. The third-order valence-electron chi connectivity index (χ3n) is 3.66. The van der Waals surface area contributed by atoms with E-state index in [-0.39, 0.29) is 12.9 Å². The fraction of sp³-hybridized carbons (Fsp3) is 0.846. The van der Waals surface area contributed by atoms with Crippen molar-refractivity contribution < 1.29 is 47.9 Å². The molecule has 3 saturated heterocycles. The highest BCUT2D eigenvalue weighted by molar-refractivity contribution is 5.73. The van der Waals surface area contributed by atoms with Crippen molar-refractivity contribution in [2.24, 2.45) is 0 Å². The Kier molecular flexibility index (Phi) is 4.80. The van der Waals surface area contributed by atoms with Gasteiger partial charge in [-0.25, -0.2) is 4.79 Å². The van der Waals surface area contributed by atoms with E-state index in [1.807, 2.05) is 0 Å². The number of esters is 2. The van der Waals surface area contributed by atoms with Crippen LogP contribution in [0.1, 0.15) is 13.8 Å². The predicted molar refractivity (Wildman–Crippen MR) is 67.4 cm³/mol. The average Bonchev–Trinajstić information content (AvgIpc) is 3.15. The minimum Gasteiger partial charge on any atom is -0.428 e. The Balaban J connectivity index is 1.50. The van der Waals surface area contributed by atoms with Gasteiger partial charge in [0.25, 0.3) is 6.29 Å². The van der Waals surface area contributed by atoms with Crippen LogP contribution >= 0.6 is 0 Å². The van der Waals surface area contributed by atoms with E-state index in [4.69, 9.17) is 23.7 Å². The summed E-state index contributed by atoms with van der Waals surface area (Å²) in [4.78, 5) is 22.3. The van der Waals surface area contributed by atoms with E-state index in [1.165, 1.54) is 6.92 Å². The van der Waals surface area contributed by atoms with Crippen LogP contribution in [0.25, 0.3) is 0 Å². The lowest BCUT2D eigenvalue weighted by molar-refractivity contribution is -0.213. The average molecular weight is 334 g/mol. The molecule has 3 aliphatic heterocycles. The number of fused-ring (bicyclic) bond motifs is 1. The van der Waals surface area contributed by atoms with E-state index in [1.54, 1.807) is 6.92 Å². The number of aliphatic hydroxyl groups is 1. The van der Waals surface area contributed by atoms with Gasteiger partial charge in [-0.2, -0.15) is 0 Å². The first-order chi connectivity index (χ1) is 11.0. The number of rotatable bonds is 4. The first kappa shape index (κ1) is 16.6. The molecular weight excluding hydrogens is 316 g/mol. The molecule has 23 heavy (non-hydrogen) atoms. The van der Waals surface area contributed by atoms with E-state index in [0.717, 1.165) is 0 Å². The van der Waals surface area contributed by atoms with Gasteiger partial charge in [0.05, 0.1) is 6.61 Å². The van der Waals surface area contributed by atoms with Crippen LogP contribution < -0.4 is 0 Å². The standard InChI is InChI=1S/C13H18O10/c1-5(14)18-4-19-11(16)13-22-10-8(15)9(21-12(10)23-13)7-3-17-6(2)20-7/h6-10,12-13,15H,3-4H2,1-2H3. The third kappa shape index (κ3) is 3.47. The van der Waals surface area contributed by atoms with Crippen LogP contribution in [-0.4, -0.2) is 73.7 Å². The largest absolute Gasteiger partial charge is 0.428 e. The smallest absolute Gasteiger partial charge is 0.366 e. The van der Waals surface area contributed by atoms with Crippen LogP contribution in [-0.2, 0) is 42.7 Å². The van der Waals surface area contributed by atoms with Crippen molar-refractivity contribution in [1.29, 1.82) is 0 Å². The molecule has 0 radical (unpaired) electrons. The lowest BCUT2D eigenvalue weighted by Crippen LogP contribution is -2.41.